The van der Waals surface area contributed by atoms with Crippen LogP contribution in [-0.2, 0) is 4.87 Å². The number of rotatable bonds is 1. The Morgan fingerprint density at radius 1 is 1.36 bits per heavy atom. The number of hydrogen-bond donors (Lipinski definition) is 0. The van der Waals surface area contributed by atoms with Crippen LogP contribution in [0.3, 0.4) is 0 Å². The van der Waals surface area contributed by atoms with Crippen molar-refractivity contribution in [1.29, 1.82) is 5.26 Å². The van der Waals surface area contributed by atoms with E-state index in [4.69, 9.17) is 16.9 Å². The first-order valence-corrected chi connectivity index (χ1v) is 3.70. The average molecular weight is 166 g/mol. The highest BCUT2D eigenvalue weighted by Crippen LogP contribution is 2.26. The van der Waals surface area contributed by atoms with Gasteiger partial charge in [-0.1, -0.05) is 41.9 Å². The van der Waals surface area contributed by atoms with Crippen LogP contribution in [0.2, 0.25) is 0 Å². The Labute approximate surface area is 71.2 Å². The lowest BCUT2D eigenvalue weighted by Gasteiger charge is -2.11. The third-order valence-electron chi connectivity index (χ3n) is 1.53. The van der Waals surface area contributed by atoms with Crippen molar-refractivity contribution in [3.05, 3.63) is 35.9 Å². The standard InChI is InChI=1S/C9H8ClN/c1-9(10,7-11)8-5-3-2-4-6-8/h2-6H,1H3. The van der Waals surface area contributed by atoms with Crippen molar-refractivity contribution in [2.75, 3.05) is 0 Å². The summed E-state index contributed by atoms with van der Waals surface area (Å²) in [5.74, 6) is 0. The second-order valence-corrected chi connectivity index (χ2v) is 3.24. The third-order valence-corrected chi connectivity index (χ3v) is 1.83. The molecule has 1 unspecified atom stereocenters. The fraction of sp³-hybridized carbons (Fsp3) is 0.222. The number of hydrogen-bond acceptors (Lipinski definition) is 1. The molecule has 1 atom stereocenters. The summed E-state index contributed by atoms with van der Waals surface area (Å²) >= 11 is 5.88. The number of benzene rings is 1. The topological polar surface area (TPSA) is 23.8 Å². The Kier molecular flexibility index (Phi) is 2.16. The van der Waals surface area contributed by atoms with Gasteiger partial charge >= 0.3 is 0 Å². The normalized spacial score (nSPS) is 15.0. The van der Waals surface area contributed by atoms with Crippen molar-refractivity contribution >= 4 is 11.6 Å². The van der Waals surface area contributed by atoms with Gasteiger partial charge < -0.3 is 0 Å². The van der Waals surface area contributed by atoms with E-state index in [0.717, 1.165) is 5.56 Å². The monoisotopic (exact) mass is 165 g/mol. The fourth-order valence-corrected chi connectivity index (χ4v) is 0.942. The Morgan fingerprint density at radius 3 is 2.36 bits per heavy atom. The third kappa shape index (κ3) is 1.72. The molecular weight excluding hydrogens is 158 g/mol. The predicted molar refractivity (Wildman–Crippen MR) is 45.3 cm³/mol. The molecule has 1 nitrogen and oxygen atoms in total. The van der Waals surface area contributed by atoms with Crippen LogP contribution in [0.5, 0.6) is 0 Å². The SMILES string of the molecule is CC(Cl)(C#N)c1ccccc1. The molecular formula is C9H8ClN. The first kappa shape index (κ1) is 8.10. The molecule has 0 radical (unpaired) electrons. The molecule has 0 heterocycles. The van der Waals surface area contributed by atoms with Gasteiger partial charge in [-0.25, -0.2) is 0 Å². The van der Waals surface area contributed by atoms with Crippen LogP contribution in [0.4, 0.5) is 0 Å². The molecule has 0 saturated heterocycles. The van der Waals surface area contributed by atoms with Crippen molar-refractivity contribution < 1.29 is 0 Å². The largest absolute Gasteiger partial charge is 0.196 e. The zero-order valence-corrected chi connectivity index (χ0v) is 6.97. The van der Waals surface area contributed by atoms with Crippen molar-refractivity contribution in [1.82, 2.24) is 0 Å². The van der Waals surface area contributed by atoms with Crippen molar-refractivity contribution in [2.45, 2.75) is 11.8 Å². The molecule has 11 heavy (non-hydrogen) atoms. The Bertz CT molecular complexity index is 271. The first-order chi connectivity index (χ1) is 5.17. The maximum atomic E-state index is 8.67. The van der Waals surface area contributed by atoms with E-state index in [-0.39, 0.29) is 0 Å². The lowest BCUT2D eigenvalue weighted by molar-refractivity contribution is 0.879. The summed E-state index contributed by atoms with van der Waals surface area (Å²) in [5, 5.41) is 8.67. The molecule has 0 aliphatic heterocycles. The molecule has 0 aliphatic carbocycles. The van der Waals surface area contributed by atoms with E-state index in [1.165, 1.54) is 0 Å². The van der Waals surface area contributed by atoms with Gasteiger partial charge in [0.15, 0.2) is 4.87 Å². The van der Waals surface area contributed by atoms with E-state index in [1.807, 2.05) is 36.4 Å². The van der Waals surface area contributed by atoms with Gasteiger partial charge in [0, 0.05) is 0 Å². The van der Waals surface area contributed by atoms with Crippen molar-refractivity contribution in [3.63, 3.8) is 0 Å². The minimum absolute atomic E-state index is 0.837. The Morgan fingerprint density at radius 2 is 1.91 bits per heavy atom. The number of nitriles is 1. The molecule has 1 rings (SSSR count). The fourth-order valence-electron chi connectivity index (χ4n) is 0.816. The van der Waals surface area contributed by atoms with Gasteiger partial charge in [-0.3, -0.25) is 0 Å². The summed E-state index contributed by atoms with van der Waals surface area (Å²) in [6.07, 6.45) is 0. The molecule has 0 aromatic heterocycles. The Hall–Kier alpha value is -1.00. The molecule has 0 amide bonds. The van der Waals surface area contributed by atoms with Gasteiger partial charge in [-0.05, 0) is 12.5 Å². The highest BCUT2D eigenvalue weighted by atomic mass is 35.5. The van der Waals surface area contributed by atoms with E-state index >= 15 is 0 Å². The summed E-state index contributed by atoms with van der Waals surface area (Å²) in [5.41, 5.74) is 0.837. The minimum atomic E-state index is -0.888. The van der Waals surface area contributed by atoms with Gasteiger partial charge in [0.2, 0.25) is 0 Å². The molecule has 56 valence electrons. The van der Waals surface area contributed by atoms with Gasteiger partial charge in [-0.2, -0.15) is 5.26 Å². The second-order valence-electron chi connectivity index (χ2n) is 2.48. The quantitative estimate of drug-likeness (QED) is 0.587. The van der Waals surface area contributed by atoms with Crippen LogP contribution in [0.1, 0.15) is 12.5 Å². The summed E-state index contributed by atoms with van der Waals surface area (Å²) in [4.78, 5) is -0.888. The second kappa shape index (κ2) is 2.94. The van der Waals surface area contributed by atoms with Gasteiger partial charge in [0.25, 0.3) is 0 Å². The number of halogens is 1. The maximum absolute atomic E-state index is 8.67. The van der Waals surface area contributed by atoms with Crippen LogP contribution >= 0.6 is 11.6 Å². The molecule has 0 fully saturated rings. The van der Waals surface area contributed by atoms with Crippen LogP contribution in [0.25, 0.3) is 0 Å². The first-order valence-electron chi connectivity index (χ1n) is 3.32. The highest BCUT2D eigenvalue weighted by molar-refractivity contribution is 6.25. The lowest BCUT2D eigenvalue weighted by atomic mass is 10.0. The van der Waals surface area contributed by atoms with E-state index in [2.05, 4.69) is 0 Å². The van der Waals surface area contributed by atoms with Gasteiger partial charge in [0.1, 0.15) is 0 Å². The number of alkyl halides is 1. The van der Waals surface area contributed by atoms with Gasteiger partial charge in [0.05, 0.1) is 6.07 Å². The van der Waals surface area contributed by atoms with Crippen LogP contribution in [0, 0.1) is 11.3 Å². The summed E-state index contributed by atoms with van der Waals surface area (Å²) in [6.45, 7) is 1.68. The predicted octanol–water partition coefficient (Wildman–Crippen LogP) is 2.66. The molecule has 0 N–H and O–H groups in total. The summed E-state index contributed by atoms with van der Waals surface area (Å²) in [6, 6.07) is 11.3. The molecule has 0 aliphatic rings. The lowest BCUT2D eigenvalue weighted by Crippen LogP contribution is -2.09. The zero-order valence-electron chi connectivity index (χ0n) is 6.21. The summed E-state index contributed by atoms with van der Waals surface area (Å²) < 4.78 is 0. The Balaban J connectivity index is 3.05. The average Bonchev–Trinajstić information content (AvgIpc) is 2.06. The van der Waals surface area contributed by atoms with E-state index in [1.54, 1.807) is 6.92 Å². The molecule has 2 heteroatoms. The number of nitrogens with zero attached hydrogens (tertiary/aromatic N) is 1. The smallest absolute Gasteiger partial charge is 0.153 e. The minimum Gasteiger partial charge on any atom is -0.196 e. The van der Waals surface area contributed by atoms with Crippen molar-refractivity contribution in [2.24, 2.45) is 0 Å². The van der Waals surface area contributed by atoms with E-state index < -0.39 is 4.87 Å². The molecule has 0 saturated carbocycles. The van der Waals surface area contributed by atoms with Crippen molar-refractivity contribution in [3.8, 4) is 6.07 Å². The summed E-state index contributed by atoms with van der Waals surface area (Å²) in [7, 11) is 0. The molecule has 0 bridgehead atoms. The molecule has 1 aromatic carbocycles. The highest BCUT2D eigenvalue weighted by Gasteiger charge is 2.21. The van der Waals surface area contributed by atoms with Crippen LogP contribution in [-0.4, -0.2) is 0 Å². The molecule has 1 aromatic rings. The van der Waals surface area contributed by atoms with E-state index in [9.17, 15) is 0 Å². The zero-order chi connectivity index (χ0) is 8.32. The van der Waals surface area contributed by atoms with Crippen LogP contribution in [0.15, 0.2) is 30.3 Å². The molecule has 0 spiro atoms. The van der Waals surface area contributed by atoms with Gasteiger partial charge in [-0.15, -0.1) is 0 Å². The maximum Gasteiger partial charge on any atom is 0.153 e. The van der Waals surface area contributed by atoms with E-state index in [0.29, 0.717) is 0 Å². The van der Waals surface area contributed by atoms with Crippen LogP contribution < -0.4 is 0 Å².